The van der Waals surface area contributed by atoms with E-state index in [2.05, 4.69) is 11.1 Å². The van der Waals surface area contributed by atoms with Crippen LogP contribution >= 0.6 is 0 Å². The minimum Gasteiger partial charge on any atom is -0.355 e. The SMILES string of the molecule is Cc1ccc(C#N)c(N2CCC(=O)CC2)n1. The molecular formula is C12H13N3O. The number of nitrogens with zero attached hydrogens (tertiary/aromatic N) is 3. The fourth-order valence-corrected chi connectivity index (χ4v) is 1.84. The Morgan fingerprint density at radius 1 is 1.38 bits per heavy atom. The molecular weight excluding hydrogens is 202 g/mol. The molecule has 0 aliphatic carbocycles. The highest BCUT2D eigenvalue weighted by molar-refractivity contribution is 5.81. The topological polar surface area (TPSA) is 57.0 Å². The third-order valence-corrected chi connectivity index (χ3v) is 2.76. The molecule has 0 N–H and O–H groups in total. The second-order valence-corrected chi connectivity index (χ2v) is 3.96. The standard InChI is InChI=1S/C12H13N3O/c1-9-2-3-10(8-13)12(14-9)15-6-4-11(16)5-7-15/h2-3H,4-7H2,1H3. The van der Waals surface area contributed by atoms with E-state index in [1.54, 1.807) is 6.07 Å². The van der Waals surface area contributed by atoms with E-state index in [4.69, 9.17) is 5.26 Å². The summed E-state index contributed by atoms with van der Waals surface area (Å²) in [5, 5.41) is 9.01. The van der Waals surface area contributed by atoms with Crippen molar-refractivity contribution in [2.75, 3.05) is 18.0 Å². The summed E-state index contributed by atoms with van der Waals surface area (Å²) in [6.07, 6.45) is 1.11. The van der Waals surface area contributed by atoms with Crippen molar-refractivity contribution in [3.05, 3.63) is 23.4 Å². The molecule has 1 fully saturated rings. The van der Waals surface area contributed by atoms with Crippen molar-refractivity contribution in [3.8, 4) is 6.07 Å². The Balaban J connectivity index is 2.29. The maximum absolute atomic E-state index is 11.1. The van der Waals surface area contributed by atoms with E-state index in [1.165, 1.54) is 0 Å². The number of pyridine rings is 1. The van der Waals surface area contributed by atoms with Crippen molar-refractivity contribution in [3.63, 3.8) is 0 Å². The number of piperidine rings is 1. The molecule has 0 amide bonds. The Labute approximate surface area is 94.5 Å². The highest BCUT2D eigenvalue weighted by Crippen LogP contribution is 2.20. The van der Waals surface area contributed by atoms with Crippen LogP contribution in [0.2, 0.25) is 0 Å². The normalized spacial score (nSPS) is 16.0. The third-order valence-electron chi connectivity index (χ3n) is 2.76. The van der Waals surface area contributed by atoms with E-state index in [-0.39, 0.29) is 0 Å². The molecule has 4 nitrogen and oxygen atoms in total. The largest absolute Gasteiger partial charge is 0.355 e. The average molecular weight is 215 g/mol. The lowest BCUT2D eigenvalue weighted by molar-refractivity contribution is -0.119. The van der Waals surface area contributed by atoms with Crippen LogP contribution in [0.3, 0.4) is 0 Å². The van der Waals surface area contributed by atoms with Crippen LogP contribution in [0.5, 0.6) is 0 Å². The summed E-state index contributed by atoms with van der Waals surface area (Å²) in [5.41, 5.74) is 1.48. The van der Waals surface area contributed by atoms with Gasteiger partial charge in [0.05, 0.1) is 5.56 Å². The Bertz CT molecular complexity index is 452. The molecule has 0 aromatic carbocycles. The zero-order chi connectivity index (χ0) is 11.5. The molecule has 1 aromatic rings. The third kappa shape index (κ3) is 2.03. The first-order chi connectivity index (χ1) is 7.70. The predicted molar refractivity (Wildman–Crippen MR) is 60.1 cm³/mol. The number of aryl methyl sites for hydroxylation is 1. The molecule has 0 atom stereocenters. The number of hydrogen-bond donors (Lipinski definition) is 0. The molecule has 4 heteroatoms. The van der Waals surface area contributed by atoms with Gasteiger partial charge < -0.3 is 4.90 Å². The first-order valence-electron chi connectivity index (χ1n) is 5.35. The van der Waals surface area contributed by atoms with Crippen LogP contribution in [0.1, 0.15) is 24.1 Å². The van der Waals surface area contributed by atoms with Gasteiger partial charge in [-0.1, -0.05) is 0 Å². The quantitative estimate of drug-likeness (QED) is 0.711. The van der Waals surface area contributed by atoms with E-state index >= 15 is 0 Å². The van der Waals surface area contributed by atoms with Crippen molar-refractivity contribution >= 4 is 11.6 Å². The molecule has 16 heavy (non-hydrogen) atoms. The molecule has 1 aliphatic rings. The van der Waals surface area contributed by atoms with Gasteiger partial charge in [-0.3, -0.25) is 4.79 Å². The molecule has 1 aromatic heterocycles. The molecule has 2 rings (SSSR count). The number of Topliss-reactive ketones (excluding diaryl/α,β-unsaturated/α-hetero) is 1. The summed E-state index contributed by atoms with van der Waals surface area (Å²) in [6, 6.07) is 5.76. The molecule has 0 unspecified atom stereocenters. The number of rotatable bonds is 1. The minimum atomic E-state index is 0.294. The van der Waals surface area contributed by atoms with Gasteiger partial charge in [0.2, 0.25) is 0 Å². The van der Waals surface area contributed by atoms with Crippen LogP contribution in [0.15, 0.2) is 12.1 Å². The first-order valence-corrected chi connectivity index (χ1v) is 5.35. The summed E-state index contributed by atoms with van der Waals surface area (Å²) in [7, 11) is 0. The van der Waals surface area contributed by atoms with E-state index < -0.39 is 0 Å². The highest BCUT2D eigenvalue weighted by atomic mass is 16.1. The van der Waals surface area contributed by atoms with Crippen LogP contribution in [0.4, 0.5) is 5.82 Å². The van der Waals surface area contributed by atoms with Gasteiger partial charge >= 0.3 is 0 Å². The van der Waals surface area contributed by atoms with Crippen LogP contribution in [-0.2, 0) is 4.79 Å². The van der Waals surface area contributed by atoms with Crippen LogP contribution in [0.25, 0.3) is 0 Å². The van der Waals surface area contributed by atoms with Crippen LogP contribution in [0, 0.1) is 18.3 Å². The number of anilines is 1. The van der Waals surface area contributed by atoms with Gasteiger partial charge in [-0.2, -0.15) is 5.26 Å². The fourth-order valence-electron chi connectivity index (χ4n) is 1.84. The van der Waals surface area contributed by atoms with Crippen molar-refractivity contribution in [2.24, 2.45) is 0 Å². The molecule has 1 aliphatic heterocycles. The summed E-state index contributed by atoms with van der Waals surface area (Å²) >= 11 is 0. The molecule has 2 heterocycles. The summed E-state index contributed by atoms with van der Waals surface area (Å²) in [5.74, 6) is 1.01. The van der Waals surface area contributed by atoms with Gasteiger partial charge in [0.1, 0.15) is 17.7 Å². The van der Waals surface area contributed by atoms with Crippen molar-refractivity contribution in [1.82, 2.24) is 4.98 Å². The first kappa shape index (κ1) is 10.6. The number of hydrogen-bond acceptors (Lipinski definition) is 4. The van der Waals surface area contributed by atoms with E-state index in [0.29, 0.717) is 37.3 Å². The van der Waals surface area contributed by atoms with Gasteiger partial charge in [-0.25, -0.2) is 4.98 Å². The predicted octanol–water partition coefficient (Wildman–Crippen LogP) is 1.43. The van der Waals surface area contributed by atoms with Crippen molar-refractivity contribution in [2.45, 2.75) is 19.8 Å². The second kappa shape index (κ2) is 4.31. The molecule has 0 saturated carbocycles. The number of ketones is 1. The molecule has 0 bridgehead atoms. The number of aromatic nitrogens is 1. The smallest absolute Gasteiger partial charge is 0.146 e. The van der Waals surface area contributed by atoms with E-state index in [0.717, 1.165) is 11.5 Å². The molecule has 82 valence electrons. The zero-order valence-corrected chi connectivity index (χ0v) is 9.23. The fraction of sp³-hybridized carbons (Fsp3) is 0.417. The van der Waals surface area contributed by atoms with Gasteiger partial charge in [-0.05, 0) is 19.1 Å². The van der Waals surface area contributed by atoms with E-state index in [1.807, 2.05) is 17.9 Å². The highest BCUT2D eigenvalue weighted by Gasteiger charge is 2.19. The maximum Gasteiger partial charge on any atom is 0.146 e. The minimum absolute atomic E-state index is 0.294. The Kier molecular flexibility index (Phi) is 2.86. The maximum atomic E-state index is 11.1. The van der Waals surface area contributed by atoms with Gasteiger partial charge in [0.25, 0.3) is 0 Å². The monoisotopic (exact) mass is 215 g/mol. The Morgan fingerprint density at radius 2 is 2.06 bits per heavy atom. The zero-order valence-electron chi connectivity index (χ0n) is 9.23. The van der Waals surface area contributed by atoms with Crippen molar-refractivity contribution in [1.29, 1.82) is 5.26 Å². The van der Waals surface area contributed by atoms with Crippen LogP contribution in [-0.4, -0.2) is 23.9 Å². The number of nitriles is 1. The summed E-state index contributed by atoms with van der Waals surface area (Å²) < 4.78 is 0. The lowest BCUT2D eigenvalue weighted by Gasteiger charge is -2.27. The van der Waals surface area contributed by atoms with Gasteiger partial charge in [-0.15, -0.1) is 0 Å². The number of carbonyl (C=O) groups is 1. The lowest BCUT2D eigenvalue weighted by Crippen LogP contribution is -2.34. The second-order valence-electron chi connectivity index (χ2n) is 3.96. The number of carbonyl (C=O) groups excluding carboxylic acids is 1. The molecule has 0 radical (unpaired) electrons. The average Bonchev–Trinajstić information content (AvgIpc) is 2.30. The molecule has 0 spiro atoms. The Hall–Kier alpha value is -1.89. The lowest BCUT2D eigenvalue weighted by atomic mass is 10.1. The summed E-state index contributed by atoms with van der Waals surface area (Å²) in [6.45, 7) is 3.24. The Morgan fingerprint density at radius 3 is 2.69 bits per heavy atom. The summed E-state index contributed by atoms with van der Waals surface area (Å²) in [4.78, 5) is 17.6. The van der Waals surface area contributed by atoms with Gasteiger partial charge in [0.15, 0.2) is 0 Å². The van der Waals surface area contributed by atoms with Crippen molar-refractivity contribution < 1.29 is 4.79 Å². The van der Waals surface area contributed by atoms with E-state index in [9.17, 15) is 4.79 Å². The van der Waals surface area contributed by atoms with Crippen LogP contribution < -0.4 is 4.90 Å². The van der Waals surface area contributed by atoms with Gasteiger partial charge in [0, 0.05) is 31.6 Å². The molecule has 1 saturated heterocycles.